The molecule has 0 radical (unpaired) electrons. The third kappa shape index (κ3) is 4.32. The van der Waals surface area contributed by atoms with Gasteiger partial charge in [-0.05, 0) is 98.9 Å². The number of aryl methyl sites for hydroxylation is 1. The van der Waals surface area contributed by atoms with E-state index in [2.05, 4.69) is 22.8 Å². The Kier molecular flexibility index (Phi) is 6.13. The monoisotopic (exact) mass is 535 g/mol. The van der Waals surface area contributed by atoms with Crippen LogP contribution in [0.3, 0.4) is 0 Å². The zero-order valence-corrected chi connectivity index (χ0v) is 22.6. The van der Waals surface area contributed by atoms with E-state index in [0.717, 1.165) is 47.3 Å². The molecule has 1 aromatic heterocycles. The van der Waals surface area contributed by atoms with Gasteiger partial charge in [0.2, 0.25) is 10.0 Å². The number of nitrogens with zero attached hydrogens (tertiary/aromatic N) is 2. The largest absolute Gasteiger partial charge is 0.389 e. The van der Waals surface area contributed by atoms with Crippen LogP contribution in [0.25, 0.3) is 11.8 Å². The molecule has 0 bridgehead atoms. The fraction of sp³-hybridized carbons (Fsp3) is 0.433. The molecule has 6 nitrogen and oxygen atoms in total. The molecule has 0 saturated heterocycles. The van der Waals surface area contributed by atoms with Crippen LogP contribution in [0.4, 0.5) is 4.39 Å². The first-order valence-corrected chi connectivity index (χ1v) is 15.0. The molecule has 8 heteroatoms. The number of fused-ring (bicyclic) bond motifs is 2. The third-order valence-electron chi connectivity index (χ3n) is 8.99. The van der Waals surface area contributed by atoms with Crippen LogP contribution in [-0.2, 0) is 22.9 Å². The average molecular weight is 536 g/mol. The molecule has 0 amide bonds. The summed E-state index contributed by atoms with van der Waals surface area (Å²) in [5.74, 6) is -0.280. The van der Waals surface area contributed by atoms with Gasteiger partial charge in [-0.1, -0.05) is 36.8 Å². The van der Waals surface area contributed by atoms with Crippen LogP contribution in [0, 0.1) is 11.2 Å². The van der Waals surface area contributed by atoms with Crippen LogP contribution < -0.4 is 4.72 Å². The highest BCUT2D eigenvalue weighted by atomic mass is 32.2. The highest BCUT2D eigenvalue weighted by Gasteiger charge is 2.54. The first kappa shape index (κ1) is 25.5. The summed E-state index contributed by atoms with van der Waals surface area (Å²) in [6, 6.07) is 13.9. The Morgan fingerprint density at radius 1 is 1.18 bits per heavy atom. The number of aliphatic hydroxyl groups is 1. The summed E-state index contributed by atoms with van der Waals surface area (Å²) in [5, 5.41) is 16.4. The van der Waals surface area contributed by atoms with Crippen molar-refractivity contribution in [3.63, 3.8) is 0 Å². The second-order valence-corrected chi connectivity index (χ2v) is 13.4. The number of nitrogens with one attached hydrogen (secondary N) is 1. The van der Waals surface area contributed by atoms with Crippen molar-refractivity contribution in [3.05, 3.63) is 88.5 Å². The van der Waals surface area contributed by atoms with E-state index in [1.165, 1.54) is 17.7 Å². The molecule has 6 rings (SSSR count). The van der Waals surface area contributed by atoms with Crippen molar-refractivity contribution in [2.24, 2.45) is 5.41 Å². The lowest BCUT2D eigenvalue weighted by molar-refractivity contribution is -0.0462. The summed E-state index contributed by atoms with van der Waals surface area (Å²) in [4.78, 5) is 0. The number of rotatable bonds is 8. The zero-order valence-electron chi connectivity index (χ0n) is 21.8. The van der Waals surface area contributed by atoms with Crippen LogP contribution in [0.5, 0.6) is 0 Å². The number of benzene rings is 2. The highest BCUT2D eigenvalue weighted by molar-refractivity contribution is 7.90. The second-order valence-electron chi connectivity index (χ2n) is 11.4. The van der Waals surface area contributed by atoms with Crippen molar-refractivity contribution >= 4 is 16.1 Å². The number of halogens is 1. The molecule has 2 aromatic carbocycles. The molecule has 3 atom stereocenters. The molecule has 0 unspecified atom stereocenters. The Morgan fingerprint density at radius 3 is 2.66 bits per heavy atom. The third-order valence-corrected chi connectivity index (χ3v) is 11.0. The van der Waals surface area contributed by atoms with E-state index in [9.17, 15) is 17.9 Å². The topological polar surface area (TPSA) is 84.2 Å². The molecule has 3 aromatic rings. The van der Waals surface area contributed by atoms with Crippen molar-refractivity contribution in [1.82, 2.24) is 14.5 Å². The predicted octanol–water partition coefficient (Wildman–Crippen LogP) is 5.26. The van der Waals surface area contributed by atoms with E-state index in [4.69, 9.17) is 0 Å². The smallest absolute Gasteiger partial charge is 0.215 e. The fourth-order valence-corrected chi connectivity index (χ4v) is 8.00. The molecular weight excluding hydrogens is 501 g/mol. The van der Waals surface area contributed by atoms with Gasteiger partial charge in [0, 0.05) is 11.5 Å². The minimum atomic E-state index is -3.30. The Balaban J connectivity index is 1.22. The lowest BCUT2D eigenvalue weighted by Crippen LogP contribution is -2.45. The molecular formula is C30H34FN3O3S. The van der Waals surface area contributed by atoms with Crippen molar-refractivity contribution in [1.29, 1.82) is 0 Å². The molecule has 2 fully saturated rings. The molecule has 2 saturated carbocycles. The summed E-state index contributed by atoms with van der Waals surface area (Å²) in [6.45, 7) is 4.05. The molecule has 0 aliphatic heterocycles. The average Bonchev–Trinajstić information content (AvgIpc) is 3.64. The second kappa shape index (κ2) is 9.14. The summed E-state index contributed by atoms with van der Waals surface area (Å²) in [5.41, 5.74) is 4.82. The van der Waals surface area contributed by atoms with Crippen LogP contribution in [0.15, 0.2) is 60.3 Å². The van der Waals surface area contributed by atoms with E-state index in [-0.39, 0.29) is 17.1 Å². The van der Waals surface area contributed by atoms with Gasteiger partial charge in [-0.15, -0.1) is 0 Å². The van der Waals surface area contributed by atoms with Crippen molar-refractivity contribution in [2.75, 3.05) is 0 Å². The van der Waals surface area contributed by atoms with Gasteiger partial charge in [0.15, 0.2) is 0 Å². The van der Waals surface area contributed by atoms with Crippen molar-refractivity contribution in [2.45, 2.75) is 75.7 Å². The minimum Gasteiger partial charge on any atom is -0.389 e. The maximum atomic E-state index is 13.5. The van der Waals surface area contributed by atoms with Gasteiger partial charge < -0.3 is 5.11 Å². The SMILES string of the molecule is C[C@@H](NS(=O)(=O)C1CC1)c1ccccc1CC[C@]1(O)CCC2=Cc3c(cnn3-c3ccc(F)cc3)C[C@@]21C. The van der Waals surface area contributed by atoms with Gasteiger partial charge in [0.1, 0.15) is 5.82 Å². The quantitative estimate of drug-likeness (QED) is 0.412. The number of sulfonamides is 1. The van der Waals surface area contributed by atoms with Gasteiger partial charge in [0.25, 0.3) is 0 Å². The van der Waals surface area contributed by atoms with E-state index < -0.39 is 21.0 Å². The van der Waals surface area contributed by atoms with Gasteiger partial charge in [-0.25, -0.2) is 22.2 Å². The van der Waals surface area contributed by atoms with Crippen LogP contribution in [-0.4, -0.2) is 34.2 Å². The Bertz CT molecular complexity index is 1510. The highest BCUT2D eigenvalue weighted by Crippen LogP contribution is 2.57. The van der Waals surface area contributed by atoms with E-state index in [1.807, 2.05) is 42.1 Å². The Labute approximate surface area is 223 Å². The maximum absolute atomic E-state index is 13.5. The van der Waals surface area contributed by atoms with Crippen molar-refractivity contribution < 1.29 is 17.9 Å². The van der Waals surface area contributed by atoms with Gasteiger partial charge in [-0.3, -0.25) is 0 Å². The van der Waals surface area contributed by atoms with E-state index in [0.29, 0.717) is 25.7 Å². The molecule has 38 heavy (non-hydrogen) atoms. The van der Waals surface area contributed by atoms with Gasteiger partial charge in [0.05, 0.1) is 28.4 Å². The molecule has 2 N–H and O–H groups in total. The van der Waals surface area contributed by atoms with Crippen LogP contribution in [0.2, 0.25) is 0 Å². The number of hydrogen-bond acceptors (Lipinski definition) is 4. The minimum absolute atomic E-state index is 0.259. The van der Waals surface area contributed by atoms with Crippen molar-refractivity contribution in [3.8, 4) is 5.69 Å². The summed E-state index contributed by atoms with van der Waals surface area (Å²) >= 11 is 0. The Morgan fingerprint density at radius 2 is 1.92 bits per heavy atom. The first-order chi connectivity index (χ1) is 18.1. The first-order valence-electron chi connectivity index (χ1n) is 13.4. The molecule has 3 aliphatic carbocycles. The molecule has 1 heterocycles. The van der Waals surface area contributed by atoms with E-state index in [1.54, 1.807) is 12.1 Å². The Hall–Kier alpha value is -2.81. The van der Waals surface area contributed by atoms with Gasteiger partial charge >= 0.3 is 0 Å². The predicted molar refractivity (Wildman–Crippen MR) is 146 cm³/mol. The summed E-state index contributed by atoms with van der Waals surface area (Å²) in [6.07, 6.45) is 8.90. The van der Waals surface area contributed by atoms with E-state index >= 15 is 0 Å². The zero-order chi connectivity index (χ0) is 26.7. The maximum Gasteiger partial charge on any atom is 0.215 e. The van der Waals surface area contributed by atoms with Crippen LogP contribution in [0.1, 0.15) is 74.4 Å². The standard InChI is InChI=1S/C30H34FN3O3S/c1-20(33-38(36,37)26-11-12-26)27-6-4-3-5-21(27)13-15-30(35)16-14-23-17-28-22(18-29(23,30)2)19-32-34(28)25-9-7-24(31)8-10-25/h3-10,17,19-20,26,33,35H,11-16,18H2,1-2H3/t20-,29+,30+/m1/s1. The normalized spacial score (nSPS) is 25.5. The summed E-state index contributed by atoms with van der Waals surface area (Å²) < 4.78 is 43.2. The summed E-state index contributed by atoms with van der Waals surface area (Å²) in [7, 11) is -3.30. The van der Waals surface area contributed by atoms with Crippen LogP contribution >= 0.6 is 0 Å². The lowest BCUT2D eigenvalue weighted by Gasteiger charge is -2.42. The molecule has 3 aliphatic rings. The number of aromatic nitrogens is 2. The molecule has 200 valence electrons. The lowest BCUT2D eigenvalue weighted by atomic mass is 9.65. The molecule has 0 spiro atoms. The fourth-order valence-electron chi connectivity index (χ4n) is 6.43. The number of hydrogen-bond donors (Lipinski definition) is 2. The van der Waals surface area contributed by atoms with Gasteiger partial charge in [-0.2, -0.15) is 5.10 Å².